The van der Waals surface area contributed by atoms with Crippen LogP contribution in [0.5, 0.6) is 0 Å². The number of nitrogens with two attached hydrogens (primary N) is 1. The molecule has 0 radical (unpaired) electrons. The highest BCUT2D eigenvalue weighted by molar-refractivity contribution is 5.61. The van der Waals surface area contributed by atoms with Crippen molar-refractivity contribution < 1.29 is 13.7 Å². The third-order valence-corrected chi connectivity index (χ3v) is 1.38. The van der Waals surface area contributed by atoms with Gasteiger partial charge in [0.2, 0.25) is 0 Å². The van der Waals surface area contributed by atoms with Crippen molar-refractivity contribution in [1.82, 2.24) is 0 Å². The van der Waals surface area contributed by atoms with Crippen LogP contribution >= 0.6 is 0 Å². The molecule has 7 heteroatoms. The molecule has 1 rings (SSSR count). The van der Waals surface area contributed by atoms with Crippen LogP contribution in [0.3, 0.4) is 0 Å². The van der Waals surface area contributed by atoms with E-state index >= 15 is 0 Å². The van der Waals surface area contributed by atoms with Gasteiger partial charge in [-0.1, -0.05) is 0 Å². The van der Waals surface area contributed by atoms with E-state index in [4.69, 9.17) is 5.84 Å². The van der Waals surface area contributed by atoms with E-state index in [1.165, 1.54) is 0 Å². The van der Waals surface area contributed by atoms with E-state index in [1.54, 1.807) is 5.43 Å². The van der Waals surface area contributed by atoms with Crippen molar-refractivity contribution in [2.75, 3.05) is 5.43 Å². The fourth-order valence-corrected chi connectivity index (χ4v) is 0.847. The van der Waals surface area contributed by atoms with Crippen LogP contribution in [0, 0.1) is 21.7 Å². The molecule has 0 aliphatic heterocycles. The maximum Gasteiger partial charge on any atom is 0.299 e. The van der Waals surface area contributed by atoms with E-state index in [2.05, 4.69) is 0 Å². The monoisotopic (exact) mass is 189 g/mol. The summed E-state index contributed by atoms with van der Waals surface area (Å²) < 4.78 is 25.3. The second-order valence-electron chi connectivity index (χ2n) is 2.18. The van der Waals surface area contributed by atoms with Gasteiger partial charge in [0.25, 0.3) is 5.69 Å². The largest absolute Gasteiger partial charge is 0.316 e. The van der Waals surface area contributed by atoms with Gasteiger partial charge in [-0.3, -0.25) is 16.0 Å². The van der Waals surface area contributed by atoms with Crippen LogP contribution in [0.4, 0.5) is 20.2 Å². The predicted octanol–water partition coefficient (Wildman–Crippen LogP) is 1.16. The number of rotatable bonds is 2. The molecule has 5 nitrogen and oxygen atoms in total. The molecule has 0 spiro atoms. The summed E-state index contributed by atoms with van der Waals surface area (Å²) in [5, 5.41) is 10.3. The number of hydrazine groups is 1. The summed E-state index contributed by atoms with van der Waals surface area (Å²) in [5.74, 6) is 2.70. The molecule has 13 heavy (non-hydrogen) atoms. The molecule has 0 saturated heterocycles. The van der Waals surface area contributed by atoms with Crippen LogP contribution in [0.2, 0.25) is 0 Å². The maximum absolute atomic E-state index is 12.8. The first-order valence-corrected chi connectivity index (χ1v) is 3.16. The van der Waals surface area contributed by atoms with Gasteiger partial charge >= 0.3 is 0 Å². The Hall–Kier alpha value is -1.76. The summed E-state index contributed by atoms with van der Waals surface area (Å²) in [6.07, 6.45) is 0. The van der Waals surface area contributed by atoms with Crippen LogP contribution in [0.25, 0.3) is 0 Å². The van der Waals surface area contributed by atoms with Crippen molar-refractivity contribution in [2.45, 2.75) is 0 Å². The van der Waals surface area contributed by atoms with Crippen molar-refractivity contribution in [2.24, 2.45) is 5.84 Å². The molecule has 1 aromatic carbocycles. The minimum Gasteiger partial charge on any atom is -0.316 e. The quantitative estimate of drug-likeness (QED) is 0.415. The predicted molar refractivity (Wildman–Crippen MR) is 40.8 cm³/mol. The molecule has 0 fully saturated rings. The normalized spacial score (nSPS) is 9.77. The second-order valence-corrected chi connectivity index (χ2v) is 2.18. The number of nitrogens with one attached hydrogen (secondary N) is 1. The molecule has 0 unspecified atom stereocenters. The molecule has 1 aromatic rings. The van der Waals surface area contributed by atoms with Gasteiger partial charge in [-0.05, 0) is 0 Å². The zero-order chi connectivity index (χ0) is 10.0. The first kappa shape index (κ1) is 9.33. The van der Waals surface area contributed by atoms with Gasteiger partial charge < -0.3 is 5.43 Å². The summed E-state index contributed by atoms with van der Waals surface area (Å²) in [7, 11) is 0. The van der Waals surface area contributed by atoms with E-state index < -0.39 is 27.9 Å². The Morgan fingerprint density at radius 1 is 1.46 bits per heavy atom. The van der Waals surface area contributed by atoms with Gasteiger partial charge in [0.15, 0.2) is 11.5 Å². The molecule has 0 aromatic heterocycles. The third-order valence-electron chi connectivity index (χ3n) is 1.38. The Bertz CT molecular complexity index is 356. The van der Waals surface area contributed by atoms with Gasteiger partial charge in [0.05, 0.1) is 11.0 Å². The molecule has 0 heterocycles. The lowest BCUT2D eigenvalue weighted by molar-refractivity contribution is -0.384. The SMILES string of the molecule is NNc1c(F)cc(F)cc1[N+](=O)[O-]. The van der Waals surface area contributed by atoms with Crippen molar-refractivity contribution >= 4 is 11.4 Å². The highest BCUT2D eigenvalue weighted by atomic mass is 19.1. The molecule has 0 saturated carbocycles. The molecular weight excluding hydrogens is 184 g/mol. The maximum atomic E-state index is 12.8. The minimum absolute atomic E-state index is 0.502. The van der Waals surface area contributed by atoms with Crippen LogP contribution in [0.15, 0.2) is 12.1 Å². The zero-order valence-electron chi connectivity index (χ0n) is 6.25. The number of anilines is 1. The average Bonchev–Trinajstić information content (AvgIpc) is 2.02. The Morgan fingerprint density at radius 2 is 2.08 bits per heavy atom. The smallest absolute Gasteiger partial charge is 0.299 e. The lowest BCUT2D eigenvalue weighted by Gasteiger charge is -2.02. The van der Waals surface area contributed by atoms with E-state index in [-0.39, 0.29) is 0 Å². The van der Waals surface area contributed by atoms with Gasteiger partial charge in [-0.2, -0.15) is 0 Å². The molecule has 0 aliphatic rings. The summed E-state index contributed by atoms with van der Waals surface area (Å²) >= 11 is 0. The molecule has 0 atom stereocenters. The van der Waals surface area contributed by atoms with Crippen LogP contribution in [-0.2, 0) is 0 Å². The van der Waals surface area contributed by atoms with E-state index in [0.29, 0.717) is 12.1 Å². The third kappa shape index (κ3) is 1.70. The van der Waals surface area contributed by atoms with Gasteiger partial charge in [-0.15, -0.1) is 0 Å². The molecule has 70 valence electrons. The van der Waals surface area contributed by atoms with E-state index in [9.17, 15) is 18.9 Å². The number of halogens is 2. The van der Waals surface area contributed by atoms with Crippen LogP contribution < -0.4 is 11.3 Å². The number of hydrogen-bond donors (Lipinski definition) is 2. The number of benzene rings is 1. The topological polar surface area (TPSA) is 81.2 Å². The summed E-state index contributed by atoms with van der Waals surface area (Å²) in [6.45, 7) is 0. The fraction of sp³-hybridized carbons (Fsp3) is 0. The van der Waals surface area contributed by atoms with Crippen molar-refractivity contribution in [1.29, 1.82) is 0 Å². The van der Waals surface area contributed by atoms with E-state index in [1.807, 2.05) is 0 Å². The molecule has 0 aliphatic carbocycles. The summed E-state index contributed by atoms with van der Waals surface area (Å²) in [6, 6.07) is 1.08. The highest BCUT2D eigenvalue weighted by Gasteiger charge is 2.19. The Balaban J connectivity index is 3.38. The Kier molecular flexibility index (Phi) is 2.38. The number of hydrogen-bond acceptors (Lipinski definition) is 4. The lowest BCUT2D eigenvalue weighted by Crippen LogP contribution is -2.11. The zero-order valence-corrected chi connectivity index (χ0v) is 6.25. The Labute approximate surface area is 71.3 Å². The van der Waals surface area contributed by atoms with Crippen LogP contribution in [-0.4, -0.2) is 4.92 Å². The lowest BCUT2D eigenvalue weighted by atomic mass is 10.2. The number of nitro groups is 1. The summed E-state index contributed by atoms with van der Waals surface area (Å²) in [4.78, 5) is 9.33. The first-order valence-electron chi connectivity index (χ1n) is 3.16. The summed E-state index contributed by atoms with van der Waals surface area (Å²) in [5.41, 5.74) is 0.517. The van der Waals surface area contributed by atoms with Crippen LogP contribution in [0.1, 0.15) is 0 Å². The molecule has 0 amide bonds. The van der Waals surface area contributed by atoms with Crippen molar-refractivity contribution in [3.63, 3.8) is 0 Å². The first-order chi connectivity index (χ1) is 6.06. The standard InChI is InChI=1S/C6H5F2N3O2/c7-3-1-4(8)6(10-9)5(2-3)11(12)13/h1-2,10H,9H2. The molecular formula is C6H5F2N3O2. The number of nitrogens with zero attached hydrogens (tertiary/aromatic N) is 1. The average molecular weight is 189 g/mol. The second kappa shape index (κ2) is 3.31. The van der Waals surface area contributed by atoms with Crippen molar-refractivity contribution in [3.8, 4) is 0 Å². The molecule has 0 bridgehead atoms. The van der Waals surface area contributed by atoms with Gasteiger partial charge in [0, 0.05) is 6.07 Å². The number of nitrogen functional groups attached to an aromatic ring is 1. The van der Waals surface area contributed by atoms with E-state index in [0.717, 1.165) is 0 Å². The highest BCUT2D eigenvalue weighted by Crippen LogP contribution is 2.27. The van der Waals surface area contributed by atoms with Gasteiger partial charge in [0.1, 0.15) is 5.82 Å². The number of nitro benzene ring substituents is 1. The van der Waals surface area contributed by atoms with Crippen molar-refractivity contribution in [3.05, 3.63) is 33.9 Å². The fourth-order valence-electron chi connectivity index (χ4n) is 0.847. The minimum atomic E-state index is -1.10. The Morgan fingerprint density at radius 3 is 2.54 bits per heavy atom. The van der Waals surface area contributed by atoms with Gasteiger partial charge in [-0.25, -0.2) is 8.78 Å². The molecule has 3 N–H and O–H groups in total.